The molecule has 0 spiro atoms. The van der Waals surface area contributed by atoms with Crippen molar-refractivity contribution < 1.29 is 14.3 Å². The third-order valence-corrected chi connectivity index (χ3v) is 4.28. The van der Waals surface area contributed by atoms with Crippen LogP contribution in [0.3, 0.4) is 0 Å². The fourth-order valence-corrected chi connectivity index (χ4v) is 2.86. The number of ether oxygens (including phenoxy) is 2. The normalized spacial score (nSPS) is 10.9. The van der Waals surface area contributed by atoms with Gasteiger partial charge < -0.3 is 14.8 Å². The molecule has 1 aromatic heterocycles. The van der Waals surface area contributed by atoms with E-state index in [1.807, 2.05) is 66.3 Å². The quantitative estimate of drug-likeness (QED) is 0.494. The van der Waals surface area contributed by atoms with Crippen molar-refractivity contribution >= 4 is 17.7 Å². The highest BCUT2D eigenvalue weighted by molar-refractivity contribution is 6.01. The lowest BCUT2D eigenvalue weighted by Gasteiger charge is -2.12. The molecule has 6 heteroatoms. The molecule has 0 fully saturated rings. The number of rotatable bonds is 10. The zero-order valence-electron chi connectivity index (χ0n) is 17.4. The highest BCUT2D eigenvalue weighted by atomic mass is 16.5. The Balaban J connectivity index is 1.59. The van der Waals surface area contributed by atoms with Gasteiger partial charge in [0, 0.05) is 24.2 Å². The Bertz CT molecular complexity index is 964. The third-order valence-electron chi connectivity index (χ3n) is 4.28. The Morgan fingerprint density at radius 2 is 1.93 bits per heavy atom. The first kappa shape index (κ1) is 21.2. The average Bonchev–Trinajstić information content (AvgIpc) is 3.26. The van der Waals surface area contributed by atoms with Crippen LogP contribution < -0.4 is 14.8 Å². The average molecular weight is 405 g/mol. The van der Waals surface area contributed by atoms with E-state index in [2.05, 4.69) is 17.3 Å². The van der Waals surface area contributed by atoms with Gasteiger partial charge in [0.15, 0.2) is 11.5 Å². The van der Waals surface area contributed by atoms with Crippen LogP contribution in [0.25, 0.3) is 6.08 Å². The molecule has 0 unspecified atom stereocenters. The molecule has 1 heterocycles. The van der Waals surface area contributed by atoms with E-state index in [1.165, 1.54) is 6.08 Å². The molecule has 30 heavy (non-hydrogen) atoms. The number of carbonyl (C=O) groups excluding carboxylic acids is 1. The molecule has 1 amide bonds. The van der Waals surface area contributed by atoms with Crippen molar-refractivity contribution in [3.63, 3.8) is 0 Å². The van der Waals surface area contributed by atoms with E-state index in [9.17, 15) is 4.79 Å². The van der Waals surface area contributed by atoms with Gasteiger partial charge in [-0.2, -0.15) is 5.10 Å². The van der Waals surface area contributed by atoms with Gasteiger partial charge in [-0.1, -0.05) is 25.1 Å². The van der Waals surface area contributed by atoms with Crippen molar-refractivity contribution in [2.45, 2.75) is 26.8 Å². The molecular formula is C24H27N3O3. The van der Waals surface area contributed by atoms with Crippen LogP contribution in [0, 0.1) is 0 Å². The van der Waals surface area contributed by atoms with Crippen molar-refractivity contribution in [1.82, 2.24) is 9.78 Å². The van der Waals surface area contributed by atoms with Gasteiger partial charge >= 0.3 is 0 Å². The summed E-state index contributed by atoms with van der Waals surface area (Å²) in [5.41, 5.74) is 2.72. The minimum absolute atomic E-state index is 0.195. The fraction of sp³-hybridized carbons (Fsp3) is 0.250. The van der Waals surface area contributed by atoms with Gasteiger partial charge in [0.2, 0.25) is 5.91 Å². The minimum atomic E-state index is -0.195. The predicted octanol–water partition coefficient (Wildman–Crippen LogP) is 4.77. The highest BCUT2D eigenvalue weighted by Gasteiger charge is 2.06. The number of carbonyl (C=O) groups is 1. The number of hydrogen-bond acceptors (Lipinski definition) is 4. The molecule has 0 saturated carbocycles. The summed E-state index contributed by atoms with van der Waals surface area (Å²) in [5, 5.41) is 7.07. The van der Waals surface area contributed by atoms with E-state index in [1.54, 1.807) is 12.3 Å². The summed E-state index contributed by atoms with van der Waals surface area (Å²) in [4.78, 5) is 12.3. The van der Waals surface area contributed by atoms with Gasteiger partial charge in [-0.05, 0) is 60.9 Å². The zero-order chi connectivity index (χ0) is 21.2. The van der Waals surface area contributed by atoms with Crippen LogP contribution >= 0.6 is 0 Å². The van der Waals surface area contributed by atoms with Crippen molar-refractivity contribution in [2.24, 2.45) is 0 Å². The Morgan fingerprint density at radius 1 is 1.10 bits per heavy atom. The summed E-state index contributed by atoms with van der Waals surface area (Å²) in [6.07, 6.45) is 7.87. The molecule has 0 aliphatic carbocycles. The second-order valence-electron chi connectivity index (χ2n) is 6.71. The first-order valence-electron chi connectivity index (χ1n) is 10.1. The second-order valence-corrected chi connectivity index (χ2v) is 6.71. The zero-order valence-corrected chi connectivity index (χ0v) is 17.4. The fourth-order valence-electron chi connectivity index (χ4n) is 2.86. The molecule has 0 radical (unpaired) electrons. The summed E-state index contributed by atoms with van der Waals surface area (Å²) in [6, 6.07) is 15.3. The largest absolute Gasteiger partial charge is 0.490 e. The van der Waals surface area contributed by atoms with Crippen molar-refractivity contribution in [3.05, 3.63) is 78.1 Å². The maximum absolute atomic E-state index is 12.3. The van der Waals surface area contributed by atoms with E-state index < -0.39 is 0 Å². The SMILES string of the molecule is CCCOc1ccc(C=CC(=O)Nc2ccc(Cn3cccn3)cc2)cc1OCC. The summed E-state index contributed by atoms with van der Waals surface area (Å²) in [6.45, 7) is 5.87. The smallest absolute Gasteiger partial charge is 0.248 e. The lowest BCUT2D eigenvalue weighted by Crippen LogP contribution is -2.08. The summed E-state index contributed by atoms with van der Waals surface area (Å²) in [7, 11) is 0. The van der Waals surface area contributed by atoms with Crippen molar-refractivity contribution in [1.29, 1.82) is 0 Å². The molecule has 3 aromatic rings. The number of anilines is 1. The van der Waals surface area contributed by atoms with Crippen molar-refractivity contribution in [2.75, 3.05) is 18.5 Å². The van der Waals surface area contributed by atoms with Crippen LogP contribution in [0.4, 0.5) is 5.69 Å². The third kappa shape index (κ3) is 6.24. The molecule has 0 bridgehead atoms. The Labute approximate surface area is 177 Å². The van der Waals surface area contributed by atoms with Crippen LogP contribution in [-0.4, -0.2) is 28.9 Å². The minimum Gasteiger partial charge on any atom is -0.490 e. The molecule has 156 valence electrons. The first-order valence-corrected chi connectivity index (χ1v) is 10.1. The van der Waals surface area contributed by atoms with Gasteiger partial charge in [-0.25, -0.2) is 0 Å². The monoisotopic (exact) mass is 405 g/mol. The number of hydrogen-bond donors (Lipinski definition) is 1. The highest BCUT2D eigenvalue weighted by Crippen LogP contribution is 2.29. The standard InChI is InChI=1S/C24H27N3O3/c1-3-16-30-22-12-8-19(17-23(22)29-4-2)9-13-24(28)26-21-10-6-20(7-11-21)18-27-15-5-14-25-27/h5-15,17H,3-4,16,18H2,1-2H3,(H,26,28). The summed E-state index contributed by atoms with van der Waals surface area (Å²) >= 11 is 0. The maximum Gasteiger partial charge on any atom is 0.248 e. The molecule has 0 atom stereocenters. The van der Waals surface area contributed by atoms with Crippen LogP contribution in [0.5, 0.6) is 11.5 Å². The summed E-state index contributed by atoms with van der Waals surface area (Å²) in [5.74, 6) is 1.20. The number of nitrogens with one attached hydrogen (secondary N) is 1. The second kappa shape index (κ2) is 10.9. The first-order chi connectivity index (χ1) is 14.7. The van der Waals surface area contributed by atoms with Crippen molar-refractivity contribution in [3.8, 4) is 11.5 Å². The van der Waals surface area contributed by atoms with E-state index >= 15 is 0 Å². The van der Waals surface area contributed by atoms with Crippen LogP contribution in [-0.2, 0) is 11.3 Å². The lowest BCUT2D eigenvalue weighted by atomic mass is 10.1. The van der Waals surface area contributed by atoms with Gasteiger partial charge in [0.1, 0.15) is 0 Å². The number of amides is 1. The molecule has 0 saturated heterocycles. The van der Waals surface area contributed by atoms with E-state index in [-0.39, 0.29) is 5.91 Å². The Hall–Kier alpha value is -3.54. The Kier molecular flexibility index (Phi) is 7.66. The topological polar surface area (TPSA) is 65.4 Å². The van der Waals surface area contributed by atoms with Crippen LogP contribution in [0.1, 0.15) is 31.4 Å². The molecule has 2 aromatic carbocycles. The van der Waals surface area contributed by atoms with Gasteiger partial charge in [0.05, 0.1) is 19.8 Å². The molecule has 6 nitrogen and oxygen atoms in total. The Morgan fingerprint density at radius 3 is 2.63 bits per heavy atom. The van der Waals surface area contributed by atoms with E-state index in [4.69, 9.17) is 9.47 Å². The molecule has 0 aliphatic heterocycles. The molecule has 3 rings (SSSR count). The molecular weight excluding hydrogens is 378 g/mol. The number of aromatic nitrogens is 2. The predicted molar refractivity (Wildman–Crippen MR) is 119 cm³/mol. The van der Waals surface area contributed by atoms with E-state index in [0.717, 1.165) is 29.0 Å². The maximum atomic E-state index is 12.3. The number of nitrogens with zero attached hydrogens (tertiary/aromatic N) is 2. The van der Waals surface area contributed by atoms with Gasteiger partial charge in [-0.3, -0.25) is 9.48 Å². The van der Waals surface area contributed by atoms with Crippen LogP contribution in [0.15, 0.2) is 67.0 Å². The summed E-state index contributed by atoms with van der Waals surface area (Å²) < 4.78 is 13.2. The van der Waals surface area contributed by atoms with E-state index in [0.29, 0.717) is 25.5 Å². The molecule has 0 aliphatic rings. The van der Waals surface area contributed by atoms with Gasteiger partial charge in [-0.15, -0.1) is 0 Å². The van der Waals surface area contributed by atoms with Gasteiger partial charge in [0.25, 0.3) is 0 Å². The molecule has 1 N–H and O–H groups in total. The van der Waals surface area contributed by atoms with Crippen LogP contribution in [0.2, 0.25) is 0 Å². The number of benzene rings is 2. The lowest BCUT2D eigenvalue weighted by molar-refractivity contribution is -0.111.